The van der Waals surface area contributed by atoms with E-state index in [1.807, 2.05) is 37.3 Å². The SMILES string of the molecule is Cc1nc(-c2ccccc2)sc1C(=O)NNC(=S)NC1CCCCC1C. The molecule has 2 atom stereocenters. The first-order chi connectivity index (χ1) is 12.5. The Morgan fingerprint density at radius 1 is 1.19 bits per heavy atom. The molecule has 2 unspecified atom stereocenters. The summed E-state index contributed by atoms with van der Waals surface area (Å²) in [5, 5.41) is 4.61. The molecule has 0 spiro atoms. The minimum atomic E-state index is -0.219. The number of carbonyl (C=O) groups is 1. The highest BCUT2D eigenvalue weighted by molar-refractivity contribution is 7.80. The quantitative estimate of drug-likeness (QED) is 0.551. The largest absolute Gasteiger partial charge is 0.358 e. The zero-order valence-corrected chi connectivity index (χ0v) is 16.7. The Morgan fingerprint density at radius 3 is 2.65 bits per heavy atom. The van der Waals surface area contributed by atoms with Crippen molar-refractivity contribution in [3.63, 3.8) is 0 Å². The van der Waals surface area contributed by atoms with Crippen LogP contribution in [0.4, 0.5) is 0 Å². The van der Waals surface area contributed by atoms with Gasteiger partial charge in [-0.05, 0) is 37.9 Å². The van der Waals surface area contributed by atoms with Gasteiger partial charge in [0, 0.05) is 11.6 Å². The summed E-state index contributed by atoms with van der Waals surface area (Å²) < 4.78 is 0. The molecule has 138 valence electrons. The van der Waals surface area contributed by atoms with Crippen LogP contribution < -0.4 is 16.2 Å². The molecule has 1 heterocycles. The van der Waals surface area contributed by atoms with Crippen molar-refractivity contribution in [1.29, 1.82) is 0 Å². The van der Waals surface area contributed by atoms with E-state index in [-0.39, 0.29) is 5.91 Å². The van der Waals surface area contributed by atoms with Gasteiger partial charge in [-0.1, -0.05) is 50.1 Å². The van der Waals surface area contributed by atoms with E-state index >= 15 is 0 Å². The van der Waals surface area contributed by atoms with Crippen molar-refractivity contribution < 1.29 is 4.79 Å². The Morgan fingerprint density at radius 2 is 1.92 bits per heavy atom. The molecule has 26 heavy (non-hydrogen) atoms. The fraction of sp³-hybridized carbons (Fsp3) is 0.421. The molecule has 1 amide bonds. The monoisotopic (exact) mass is 388 g/mol. The molecular formula is C19H24N4OS2. The van der Waals surface area contributed by atoms with Crippen LogP contribution in [0, 0.1) is 12.8 Å². The number of thiazole rings is 1. The average Bonchev–Trinajstić information content (AvgIpc) is 3.04. The molecule has 1 aromatic carbocycles. The van der Waals surface area contributed by atoms with Gasteiger partial charge in [0.1, 0.15) is 9.88 Å². The molecule has 3 rings (SSSR count). The predicted octanol–water partition coefficient (Wildman–Crippen LogP) is 3.81. The summed E-state index contributed by atoms with van der Waals surface area (Å²) in [6.45, 7) is 4.09. The lowest BCUT2D eigenvalue weighted by Crippen LogP contribution is -2.51. The molecule has 0 radical (unpaired) electrons. The Labute approximate surface area is 163 Å². The first-order valence-electron chi connectivity index (χ1n) is 8.94. The van der Waals surface area contributed by atoms with Crippen molar-refractivity contribution in [2.75, 3.05) is 0 Å². The number of benzene rings is 1. The molecule has 0 bridgehead atoms. The Bertz CT molecular complexity index is 775. The molecule has 0 aliphatic heterocycles. The number of carbonyl (C=O) groups excluding carboxylic acids is 1. The Kier molecular flexibility index (Phi) is 6.21. The van der Waals surface area contributed by atoms with Crippen molar-refractivity contribution in [3.8, 4) is 10.6 Å². The molecule has 2 aromatic rings. The van der Waals surface area contributed by atoms with Gasteiger partial charge in [0.05, 0.1) is 5.69 Å². The van der Waals surface area contributed by atoms with Crippen LogP contribution in [0.25, 0.3) is 10.6 Å². The number of aryl methyl sites for hydroxylation is 1. The fourth-order valence-electron chi connectivity index (χ4n) is 3.22. The minimum Gasteiger partial charge on any atom is -0.358 e. The predicted molar refractivity (Wildman–Crippen MR) is 110 cm³/mol. The number of hydrogen-bond acceptors (Lipinski definition) is 4. The number of nitrogens with one attached hydrogen (secondary N) is 3. The van der Waals surface area contributed by atoms with Crippen LogP contribution in [0.3, 0.4) is 0 Å². The third-order valence-electron chi connectivity index (χ3n) is 4.74. The topological polar surface area (TPSA) is 66.0 Å². The smallest absolute Gasteiger partial charge is 0.281 e. The number of hydrazine groups is 1. The maximum absolute atomic E-state index is 12.5. The third-order valence-corrected chi connectivity index (χ3v) is 6.17. The van der Waals surface area contributed by atoms with Crippen LogP contribution in [0.2, 0.25) is 0 Å². The molecule has 1 aromatic heterocycles. The highest BCUT2D eigenvalue weighted by atomic mass is 32.1. The number of thiocarbonyl (C=S) groups is 1. The zero-order valence-electron chi connectivity index (χ0n) is 15.0. The molecule has 1 saturated carbocycles. The van der Waals surface area contributed by atoms with Crippen molar-refractivity contribution in [2.24, 2.45) is 5.92 Å². The van der Waals surface area contributed by atoms with Crippen LogP contribution in [-0.2, 0) is 0 Å². The number of rotatable bonds is 3. The third kappa shape index (κ3) is 4.59. The van der Waals surface area contributed by atoms with E-state index in [9.17, 15) is 4.79 Å². The van der Waals surface area contributed by atoms with Crippen molar-refractivity contribution >= 4 is 34.6 Å². The van der Waals surface area contributed by atoms with Gasteiger partial charge in [-0.15, -0.1) is 11.3 Å². The lowest BCUT2D eigenvalue weighted by molar-refractivity contribution is 0.0946. The van der Waals surface area contributed by atoms with Gasteiger partial charge in [-0.2, -0.15) is 0 Å². The van der Waals surface area contributed by atoms with Crippen molar-refractivity contribution in [2.45, 2.75) is 45.6 Å². The Balaban J connectivity index is 1.56. The first kappa shape index (κ1) is 18.8. The van der Waals surface area contributed by atoms with E-state index in [4.69, 9.17) is 12.2 Å². The summed E-state index contributed by atoms with van der Waals surface area (Å²) in [6.07, 6.45) is 4.84. The van der Waals surface area contributed by atoms with Crippen molar-refractivity contribution in [3.05, 3.63) is 40.9 Å². The molecule has 1 aliphatic rings. The maximum Gasteiger partial charge on any atom is 0.281 e. The highest BCUT2D eigenvalue weighted by Gasteiger charge is 2.22. The summed E-state index contributed by atoms with van der Waals surface area (Å²) >= 11 is 6.70. The average molecular weight is 389 g/mol. The summed E-state index contributed by atoms with van der Waals surface area (Å²) in [6, 6.07) is 10.2. The van der Waals surface area contributed by atoms with E-state index in [2.05, 4.69) is 28.1 Å². The molecule has 5 nitrogen and oxygen atoms in total. The molecule has 3 N–H and O–H groups in total. The van der Waals surface area contributed by atoms with Gasteiger partial charge in [0.25, 0.3) is 5.91 Å². The summed E-state index contributed by atoms with van der Waals surface area (Å²) in [7, 11) is 0. The van der Waals surface area contributed by atoms with Crippen LogP contribution in [0.15, 0.2) is 30.3 Å². The number of nitrogens with zero attached hydrogens (tertiary/aromatic N) is 1. The molecule has 1 aliphatic carbocycles. The van der Waals surface area contributed by atoms with Crippen LogP contribution in [-0.4, -0.2) is 22.0 Å². The number of hydrogen-bond donors (Lipinski definition) is 3. The minimum absolute atomic E-state index is 0.219. The molecule has 7 heteroatoms. The van der Waals surface area contributed by atoms with E-state index in [0.717, 1.165) is 17.0 Å². The molecule has 1 fully saturated rings. The van der Waals surface area contributed by atoms with Gasteiger partial charge in [-0.3, -0.25) is 15.6 Å². The van der Waals surface area contributed by atoms with E-state index in [1.54, 1.807) is 0 Å². The van der Waals surface area contributed by atoms with E-state index < -0.39 is 0 Å². The standard InChI is InChI=1S/C19H24N4OS2/c1-12-8-6-7-11-15(12)21-19(25)23-22-17(24)16-13(2)20-18(26-16)14-9-4-3-5-10-14/h3-5,9-10,12,15H,6-8,11H2,1-2H3,(H,22,24)(H2,21,23,25). The fourth-order valence-corrected chi connectivity index (χ4v) is 4.39. The second-order valence-corrected chi connectivity index (χ2v) is 8.13. The van der Waals surface area contributed by atoms with Gasteiger partial charge in [-0.25, -0.2) is 4.98 Å². The zero-order chi connectivity index (χ0) is 18.5. The van der Waals surface area contributed by atoms with Gasteiger partial charge in [0.15, 0.2) is 5.11 Å². The summed E-state index contributed by atoms with van der Waals surface area (Å²) in [4.78, 5) is 17.6. The molecule has 0 saturated heterocycles. The maximum atomic E-state index is 12.5. The lowest BCUT2D eigenvalue weighted by Gasteiger charge is -2.30. The van der Waals surface area contributed by atoms with E-state index in [0.29, 0.717) is 27.6 Å². The van der Waals surface area contributed by atoms with Crippen LogP contribution >= 0.6 is 23.6 Å². The normalized spacial score (nSPS) is 19.6. The molecular weight excluding hydrogens is 364 g/mol. The first-order valence-corrected chi connectivity index (χ1v) is 10.2. The van der Waals surface area contributed by atoms with Gasteiger partial charge in [0.2, 0.25) is 0 Å². The Hall–Kier alpha value is -1.99. The van der Waals surface area contributed by atoms with Gasteiger partial charge < -0.3 is 5.32 Å². The summed E-state index contributed by atoms with van der Waals surface area (Å²) in [5.74, 6) is 0.374. The second kappa shape index (κ2) is 8.60. The highest BCUT2D eigenvalue weighted by Crippen LogP contribution is 2.27. The van der Waals surface area contributed by atoms with Gasteiger partial charge >= 0.3 is 0 Å². The summed E-state index contributed by atoms with van der Waals surface area (Å²) in [5.41, 5.74) is 7.24. The second-order valence-electron chi connectivity index (χ2n) is 6.72. The lowest BCUT2D eigenvalue weighted by atomic mass is 9.86. The van der Waals surface area contributed by atoms with Crippen LogP contribution in [0.5, 0.6) is 0 Å². The van der Waals surface area contributed by atoms with E-state index in [1.165, 1.54) is 30.6 Å². The van der Waals surface area contributed by atoms with Crippen molar-refractivity contribution in [1.82, 2.24) is 21.2 Å². The van der Waals surface area contributed by atoms with Crippen LogP contribution in [0.1, 0.15) is 48.0 Å². The number of amides is 1. The number of aromatic nitrogens is 1.